The van der Waals surface area contributed by atoms with Crippen LogP contribution in [0.25, 0.3) is 0 Å². The fraction of sp³-hybridized carbons (Fsp3) is 0.500. The number of aliphatic hydroxyl groups is 1. The van der Waals surface area contributed by atoms with Gasteiger partial charge in [-0.05, 0) is 44.4 Å². The highest BCUT2D eigenvalue weighted by atomic mass is 35.5. The van der Waals surface area contributed by atoms with Crippen LogP contribution in [-0.4, -0.2) is 11.2 Å². The number of rotatable bonds is 3. The predicted octanol–water partition coefficient (Wildman–Crippen LogP) is 3.11. The number of hydrogen-bond donors (Lipinski definition) is 1. The highest BCUT2D eigenvalue weighted by Gasteiger charge is 2.42. The summed E-state index contributed by atoms with van der Waals surface area (Å²) in [6.07, 6.45) is 1.75. The number of hydrogen-bond acceptors (Lipinski definition) is 2. The van der Waals surface area contributed by atoms with Crippen molar-refractivity contribution in [2.75, 3.05) is 0 Å². The van der Waals surface area contributed by atoms with E-state index in [9.17, 15) is 5.11 Å². The molecule has 1 aliphatic carbocycles. The zero-order valence-corrected chi connectivity index (χ0v) is 9.71. The molecule has 2 nitrogen and oxygen atoms in total. The SMILES string of the molecule is CC(C)Oc1cc(C2(O)CC2)ccc1Cl. The summed E-state index contributed by atoms with van der Waals surface area (Å²) in [4.78, 5) is 0. The van der Waals surface area contributed by atoms with Gasteiger partial charge >= 0.3 is 0 Å². The van der Waals surface area contributed by atoms with Gasteiger partial charge in [0.05, 0.1) is 16.7 Å². The van der Waals surface area contributed by atoms with Gasteiger partial charge in [-0.3, -0.25) is 0 Å². The second-order valence-electron chi connectivity index (χ2n) is 4.34. The van der Waals surface area contributed by atoms with Gasteiger partial charge in [0, 0.05) is 0 Å². The Morgan fingerprint density at radius 2 is 2.07 bits per heavy atom. The van der Waals surface area contributed by atoms with Crippen LogP contribution in [0.4, 0.5) is 0 Å². The molecule has 0 aliphatic heterocycles. The lowest BCUT2D eigenvalue weighted by Crippen LogP contribution is -2.08. The minimum atomic E-state index is -0.625. The molecule has 0 unspecified atom stereocenters. The molecule has 82 valence electrons. The van der Waals surface area contributed by atoms with E-state index in [0.29, 0.717) is 10.8 Å². The first kappa shape index (κ1) is 10.8. The molecule has 0 spiro atoms. The van der Waals surface area contributed by atoms with Gasteiger partial charge in [-0.25, -0.2) is 0 Å². The van der Waals surface area contributed by atoms with Crippen LogP contribution in [0.5, 0.6) is 5.75 Å². The van der Waals surface area contributed by atoms with Crippen LogP contribution in [0.3, 0.4) is 0 Å². The van der Waals surface area contributed by atoms with Crippen LogP contribution in [0.15, 0.2) is 18.2 Å². The van der Waals surface area contributed by atoms with E-state index in [0.717, 1.165) is 18.4 Å². The lowest BCUT2D eigenvalue weighted by Gasteiger charge is -2.14. The average molecular weight is 227 g/mol. The molecule has 3 heteroatoms. The molecule has 2 rings (SSSR count). The van der Waals surface area contributed by atoms with Gasteiger partial charge in [-0.15, -0.1) is 0 Å². The van der Waals surface area contributed by atoms with Crippen molar-refractivity contribution in [3.63, 3.8) is 0 Å². The summed E-state index contributed by atoms with van der Waals surface area (Å²) >= 11 is 6.00. The molecule has 0 bridgehead atoms. The molecule has 1 aromatic rings. The standard InChI is InChI=1S/C12H15ClO2/c1-8(2)15-11-7-9(3-4-10(11)13)12(14)5-6-12/h3-4,7-8,14H,5-6H2,1-2H3. The molecule has 0 aromatic heterocycles. The van der Waals surface area contributed by atoms with Gasteiger partial charge in [0.15, 0.2) is 0 Å². The van der Waals surface area contributed by atoms with Crippen molar-refractivity contribution in [1.82, 2.24) is 0 Å². The third kappa shape index (κ3) is 2.27. The third-order valence-corrected chi connectivity index (χ3v) is 2.87. The number of benzene rings is 1. The van der Waals surface area contributed by atoms with E-state index in [1.807, 2.05) is 26.0 Å². The van der Waals surface area contributed by atoms with Gasteiger partial charge < -0.3 is 9.84 Å². The molecular weight excluding hydrogens is 212 g/mol. The van der Waals surface area contributed by atoms with Gasteiger partial charge in [-0.2, -0.15) is 0 Å². The molecule has 1 aliphatic rings. The summed E-state index contributed by atoms with van der Waals surface area (Å²) in [7, 11) is 0. The zero-order chi connectivity index (χ0) is 11.1. The van der Waals surface area contributed by atoms with Crippen molar-refractivity contribution in [2.24, 2.45) is 0 Å². The second kappa shape index (κ2) is 3.69. The van der Waals surface area contributed by atoms with Crippen LogP contribution in [0.2, 0.25) is 5.02 Å². The van der Waals surface area contributed by atoms with Crippen molar-refractivity contribution in [3.05, 3.63) is 28.8 Å². The van der Waals surface area contributed by atoms with Crippen molar-refractivity contribution < 1.29 is 9.84 Å². The van der Waals surface area contributed by atoms with Crippen LogP contribution < -0.4 is 4.74 Å². The van der Waals surface area contributed by atoms with E-state index < -0.39 is 5.60 Å². The van der Waals surface area contributed by atoms with Crippen molar-refractivity contribution in [3.8, 4) is 5.75 Å². The maximum Gasteiger partial charge on any atom is 0.138 e. The molecule has 15 heavy (non-hydrogen) atoms. The first-order chi connectivity index (χ1) is 7.01. The van der Waals surface area contributed by atoms with Gasteiger partial charge in [0.25, 0.3) is 0 Å². The molecule has 1 saturated carbocycles. The summed E-state index contributed by atoms with van der Waals surface area (Å²) in [6.45, 7) is 3.91. The van der Waals surface area contributed by atoms with Crippen LogP contribution in [-0.2, 0) is 5.60 Å². The topological polar surface area (TPSA) is 29.5 Å². The fourth-order valence-electron chi connectivity index (χ4n) is 1.54. The Morgan fingerprint density at radius 3 is 2.60 bits per heavy atom. The smallest absolute Gasteiger partial charge is 0.138 e. The molecule has 0 amide bonds. The van der Waals surface area contributed by atoms with E-state index in [1.54, 1.807) is 6.07 Å². The maximum absolute atomic E-state index is 9.95. The molecule has 0 atom stereocenters. The van der Waals surface area contributed by atoms with Gasteiger partial charge in [0.2, 0.25) is 0 Å². The number of ether oxygens (including phenoxy) is 1. The highest BCUT2D eigenvalue weighted by molar-refractivity contribution is 6.32. The van der Waals surface area contributed by atoms with Crippen LogP contribution in [0, 0.1) is 0 Å². The Bertz CT molecular complexity index is 370. The Balaban J connectivity index is 2.28. The molecule has 1 fully saturated rings. The lowest BCUT2D eigenvalue weighted by molar-refractivity contribution is 0.150. The van der Waals surface area contributed by atoms with Crippen molar-refractivity contribution in [2.45, 2.75) is 38.4 Å². The largest absolute Gasteiger partial charge is 0.489 e. The van der Waals surface area contributed by atoms with E-state index in [4.69, 9.17) is 16.3 Å². The minimum absolute atomic E-state index is 0.0894. The zero-order valence-electron chi connectivity index (χ0n) is 8.96. The molecular formula is C12H15ClO2. The molecule has 1 N–H and O–H groups in total. The normalized spacial score (nSPS) is 17.9. The van der Waals surface area contributed by atoms with E-state index in [1.165, 1.54) is 0 Å². The molecule has 0 heterocycles. The molecule has 0 saturated heterocycles. The molecule has 1 aromatic carbocycles. The van der Waals surface area contributed by atoms with E-state index >= 15 is 0 Å². The second-order valence-corrected chi connectivity index (χ2v) is 4.75. The summed E-state index contributed by atoms with van der Waals surface area (Å²) in [5, 5.41) is 10.5. The van der Waals surface area contributed by atoms with Crippen LogP contribution >= 0.6 is 11.6 Å². The Labute approximate surface area is 94.8 Å². The highest BCUT2D eigenvalue weighted by Crippen LogP contribution is 2.46. The molecule has 0 radical (unpaired) electrons. The summed E-state index contributed by atoms with van der Waals surface area (Å²) < 4.78 is 5.57. The van der Waals surface area contributed by atoms with Crippen molar-refractivity contribution in [1.29, 1.82) is 0 Å². The third-order valence-electron chi connectivity index (χ3n) is 2.55. The van der Waals surface area contributed by atoms with Gasteiger partial charge in [-0.1, -0.05) is 17.7 Å². The quantitative estimate of drug-likeness (QED) is 0.858. The Morgan fingerprint density at radius 1 is 1.40 bits per heavy atom. The lowest BCUT2D eigenvalue weighted by atomic mass is 10.1. The minimum Gasteiger partial charge on any atom is -0.489 e. The summed E-state index contributed by atoms with van der Waals surface area (Å²) in [5.74, 6) is 0.657. The first-order valence-corrected chi connectivity index (χ1v) is 5.58. The fourth-order valence-corrected chi connectivity index (χ4v) is 1.71. The summed E-state index contributed by atoms with van der Waals surface area (Å²) in [5.41, 5.74) is 0.280. The first-order valence-electron chi connectivity index (χ1n) is 5.20. The van der Waals surface area contributed by atoms with Crippen molar-refractivity contribution >= 4 is 11.6 Å². The van der Waals surface area contributed by atoms with Crippen LogP contribution in [0.1, 0.15) is 32.3 Å². The number of halogens is 1. The van der Waals surface area contributed by atoms with Gasteiger partial charge in [0.1, 0.15) is 5.75 Å². The van der Waals surface area contributed by atoms with E-state index in [2.05, 4.69) is 0 Å². The maximum atomic E-state index is 9.95. The Kier molecular flexibility index (Phi) is 2.65. The summed E-state index contributed by atoms with van der Waals surface area (Å²) in [6, 6.07) is 5.49. The Hall–Kier alpha value is -0.730. The monoisotopic (exact) mass is 226 g/mol. The average Bonchev–Trinajstić information content (AvgIpc) is 2.88. The predicted molar refractivity (Wildman–Crippen MR) is 60.3 cm³/mol. The van der Waals surface area contributed by atoms with E-state index in [-0.39, 0.29) is 6.10 Å².